The molecular weight excluding hydrogens is 160 g/mol. The van der Waals surface area contributed by atoms with Crippen LogP contribution in [0.2, 0.25) is 0 Å². The van der Waals surface area contributed by atoms with E-state index in [2.05, 4.69) is 19.9 Å². The third-order valence-electron chi connectivity index (χ3n) is 4.82. The number of fused-ring (bicyclic) bond motifs is 2. The molecule has 0 spiro atoms. The maximum atomic E-state index is 9.34. The van der Waals surface area contributed by atoms with Crippen LogP contribution in [0.15, 0.2) is 0 Å². The maximum Gasteiger partial charge on any atom is 0.0777 e. The van der Waals surface area contributed by atoms with Crippen LogP contribution in [-0.2, 0) is 0 Å². The fourth-order valence-corrected chi connectivity index (χ4v) is 3.69. The zero-order valence-electron chi connectivity index (χ0n) is 8.51. The molecule has 2 heteroatoms. The van der Waals surface area contributed by atoms with Crippen molar-refractivity contribution < 1.29 is 0 Å². The maximum absolute atomic E-state index is 9.34. The molecule has 2 saturated carbocycles. The van der Waals surface area contributed by atoms with Crippen molar-refractivity contribution in [1.29, 1.82) is 5.26 Å². The third kappa shape index (κ3) is 0.814. The molecule has 3 unspecified atom stereocenters. The van der Waals surface area contributed by atoms with Crippen LogP contribution in [0, 0.1) is 34.0 Å². The van der Waals surface area contributed by atoms with Crippen molar-refractivity contribution in [3.05, 3.63) is 0 Å². The molecule has 2 fully saturated rings. The molecule has 3 atom stereocenters. The molecule has 0 heterocycles. The average molecular weight is 178 g/mol. The number of nitriles is 1. The van der Waals surface area contributed by atoms with Gasteiger partial charge in [0.05, 0.1) is 11.5 Å². The van der Waals surface area contributed by atoms with Crippen LogP contribution in [0.5, 0.6) is 0 Å². The lowest BCUT2D eigenvalue weighted by atomic mass is 9.58. The van der Waals surface area contributed by atoms with Crippen LogP contribution in [0.4, 0.5) is 0 Å². The minimum absolute atomic E-state index is 0.138. The summed E-state index contributed by atoms with van der Waals surface area (Å²) in [6.45, 7) is 5.00. The Labute approximate surface area is 80.1 Å². The monoisotopic (exact) mass is 178 g/mol. The second kappa shape index (κ2) is 2.48. The normalized spacial score (nSPS) is 46.3. The summed E-state index contributed by atoms with van der Waals surface area (Å²) in [5.41, 5.74) is 5.73. The highest BCUT2D eigenvalue weighted by Gasteiger charge is 2.62. The first-order chi connectivity index (χ1) is 6.08. The summed E-state index contributed by atoms with van der Waals surface area (Å²) in [7, 11) is 0. The Morgan fingerprint density at radius 2 is 2.00 bits per heavy atom. The molecule has 0 aromatic carbocycles. The van der Waals surface area contributed by atoms with Crippen molar-refractivity contribution in [3.63, 3.8) is 0 Å². The summed E-state index contributed by atoms with van der Waals surface area (Å²) in [4.78, 5) is 0. The molecule has 72 valence electrons. The zero-order chi connectivity index (χ0) is 9.69. The molecule has 2 nitrogen and oxygen atoms in total. The van der Waals surface area contributed by atoms with E-state index < -0.39 is 0 Å². The van der Waals surface area contributed by atoms with Crippen LogP contribution in [0.25, 0.3) is 0 Å². The van der Waals surface area contributed by atoms with Crippen LogP contribution in [0.3, 0.4) is 0 Å². The van der Waals surface area contributed by atoms with Gasteiger partial charge in [-0.15, -0.1) is 0 Å². The lowest BCUT2D eigenvalue weighted by Crippen LogP contribution is -2.47. The van der Waals surface area contributed by atoms with Crippen LogP contribution >= 0.6 is 0 Å². The molecule has 0 aliphatic heterocycles. The molecule has 0 aromatic rings. The van der Waals surface area contributed by atoms with Crippen molar-refractivity contribution in [2.24, 2.45) is 28.4 Å². The minimum atomic E-state index is -0.226. The summed E-state index contributed by atoms with van der Waals surface area (Å²) < 4.78 is 0. The smallest absolute Gasteiger partial charge is 0.0777 e. The Hall–Kier alpha value is -0.550. The molecule has 2 aliphatic rings. The van der Waals surface area contributed by atoms with E-state index in [1.807, 2.05) is 0 Å². The van der Waals surface area contributed by atoms with E-state index in [0.29, 0.717) is 12.5 Å². The molecule has 0 amide bonds. The first-order valence-corrected chi connectivity index (χ1v) is 5.20. The van der Waals surface area contributed by atoms with E-state index in [1.54, 1.807) is 0 Å². The lowest BCUT2D eigenvalue weighted by molar-refractivity contribution is 0.0647. The van der Waals surface area contributed by atoms with E-state index in [4.69, 9.17) is 5.73 Å². The van der Waals surface area contributed by atoms with Gasteiger partial charge in [-0.2, -0.15) is 5.26 Å². The van der Waals surface area contributed by atoms with Gasteiger partial charge in [0.2, 0.25) is 0 Å². The zero-order valence-corrected chi connectivity index (χ0v) is 8.51. The first kappa shape index (κ1) is 9.02. The number of hydrogen-bond acceptors (Lipinski definition) is 2. The van der Waals surface area contributed by atoms with Gasteiger partial charge in [0, 0.05) is 6.54 Å². The lowest BCUT2D eigenvalue weighted by Gasteiger charge is -2.44. The molecule has 0 radical (unpaired) electrons. The van der Waals surface area contributed by atoms with E-state index in [1.165, 1.54) is 19.3 Å². The first-order valence-electron chi connectivity index (χ1n) is 5.20. The highest BCUT2D eigenvalue weighted by Crippen LogP contribution is 2.65. The van der Waals surface area contributed by atoms with Gasteiger partial charge in [-0.05, 0) is 36.5 Å². The van der Waals surface area contributed by atoms with Crippen LogP contribution in [0.1, 0.15) is 33.1 Å². The van der Waals surface area contributed by atoms with E-state index in [0.717, 1.165) is 5.92 Å². The standard InChI is InChI=1S/C11H18N2/c1-10(2)8-3-4-9(5-8)11(10,6-12)7-13/h8-9H,3-6,12H2,1-2H3. The van der Waals surface area contributed by atoms with Gasteiger partial charge in [0.15, 0.2) is 0 Å². The predicted octanol–water partition coefficient (Wildman–Crippen LogP) is 1.91. The van der Waals surface area contributed by atoms with Gasteiger partial charge < -0.3 is 5.73 Å². The van der Waals surface area contributed by atoms with Gasteiger partial charge in [0.25, 0.3) is 0 Å². The summed E-state index contributed by atoms with van der Waals surface area (Å²) in [5.74, 6) is 1.31. The highest BCUT2D eigenvalue weighted by atomic mass is 14.7. The van der Waals surface area contributed by atoms with Crippen molar-refractivity contribution in [3.8, 4) is 6.07 Å². The number of nitrogens with two attached hydrogens (primary N) is 1. The molecule has 2 aliphatic carbocycles. The summed E-state index contributed by atoms with van der Waals surface area (Å²) in [5, 5.41) is 9.34. The van der Waals surface area contributed by atoms with Crippen LogP contribution < -0.4 is 5.73 Å². The fourth-order valence-electron chi connectivity index (χ4n) is 3.69. The van der Waals surface area contributed by atoms with Crippen molar-refractivity contribution in [2.75, 3.05) is 6.54 Å². The Kier molecular flexibility index (Phi) is 1.72. The van der Waals surface area contributed by atoms with Crippen molar-refractivity contribution in [1.82, 2.24) is 0 Å². The minimum Gasteiger partial charge on any atom is -0.329 e. The summed E-state index contributed by atoms with van der Waals surface area (Å²) >= 11 is 0. The fraction of sp³-hybridized carbons (Fsp3) is 0.909. The third-order valence-corrected chi connectivity index (χ3v) is 4.82. The van der Waals surface area contributed by atoms with Gasteiger partial charge in [-0.1, -0.05) is 13.8 Å². The van der Waals surface area contributed by atoms with E-state index in [-0.39, 0.29) is 10.8 Å². The SMILES string of the molecule is CC1(C)C2CCC(C2)C1(C#N)CN. The Morgan fingerprint density at radius 3 is 2.31 bits per heavy atom. The quantitative estimate of drug-likeness (QED) is 0.666. The highest BCUT2D eigenvalue weighted by molar-refractivity contribution is 5.20. The molecule has 2 rings (SSSR count). The van der Waals surface area contributed by atoms with E-state index in [9.17, 15) is 5.26 Å². The largest absolute Gasteiger partial charge is 0.329 e. The molecule has 2 N–H and O–H groups in total. The topological polar surface area (TPSA) is 49.8 Å². The number of nitrogens with zero attached hydrogens (tertiary/aromatic N) is 1. The average Bonchev–Trinajstić information content (AvgIpc) is 2.62. The van der Waals surface area contributed by atoms with Gasteiger partial charge in [0.1, 0.15) is 0 Å². The Balaban J connectivity index is 2.44. The van der Waals surface area contributed by atoms with Crippen molar-refractivity contribution >= 4 is 0 Å². The summed E-state index contributed by atoms with van der Waals surface area (Å²) in [6.07, 6.45) is 3.76. The molecule has 2 bridgehead atoms. The van der Waals surface area contributed by atoms with E-state index >= 15 is 0 Å². The molecule has 13 heavy (non-hydrogen) atoms. The van der Waals surface area contributed by atoms with Gasteiger partial charge in [-0.3, -0.25) is 0 Å². The molecular formula is C11H18N2. The molecule has 0 aromatic heterocycles. The van der Waals surface area contributed by atoms with Crippen LogP contribution in [-0.4, -0.2) is 6.54 Å². The molecule has 0 saturated heterocycles. The predicted molar refractivity (Wildman–Crippen MR) is 51.7 cm³/mol. The summed E-state index contributed by atoms with van der Waals surface area (Å²) in [6, 6.07) is 2.52. The van der Waals surface area contributed by atoms with Crippen molar-refractivity contribution in [2.45, 2.75) is 33.1 Å². The second-order valence-corrected chi connectivity index (χ2v) is 5.22. The Bertz CT molecular complexity index is 264. The number of hydrogen-bond donors (Lipinski definition) is 1. The van der Waals surface area contributed by atoms with Gasteiger partial charge in [-0.25, -0.2) is 0 Å². The second-order valence-electron chi connectivity index (χ2n) is 5.22. The number of rotatable bonds is 1. The van der Waals surface area contributed by atoms with Gasteiger partial charge >= 0.3 is 0 Å². The Morgan fingerprint density at radius 1 is 1.38 bits per heavy atom.